The fraction of sp³-hybridized carbons (Fsp3) is 0.895. The van der Waals surface area contributed by atoms with Crippen molar-refractivity contribution in [3.8, 4) is 0 Å². The van der Waals surface area contributed by atoms with Gasteiger partial charge >= 0.3 is 0 Å². The predicted octanol–water partition coefficient (Wildman–Crippen LogP) is 3.60. The van der Waals surface area contributed by atoms with Gasteiger partial charge in [0.1, 0.15) is 12.6 Å². The molecule has 0 amide bonds. The molecular formula is C19H33NO2. The summed E-state index contributed by atoms with van der Waals surface area (Å²) in [4.78, 5) is 20.6. The zero-order valence-corrected chi connectivity index (χ0v) is 14.3. The molecule has 3 aliphatic rings. The van der Waals surface area contributed by atoms with E-state index in [0.717, 1.165) is 30.6 Å². The van der Waals surface area contributed by atoms with Crippen LogP contribution in [0.15, 0.2) is 0 Å². The fourth-order valence-electron chi connectivity index (χ4n) is 6.03. The van der Waals surface area contributed by atoms with E-state index in [9.17, 15) is 4.79 Å². The van der Waals surface area contributed by atoms with Gasteiger partial charge in [-0.3, -0.25) is 4.79 Å². The van der Waals surface area contributed by atoms with Gasteiger partial charge in [0, 0.05) is 18.4 Å². The van der Waals surface area contributed by atoms with Crippen molar-refractivity contribution >= 4 is 12.6 Å². The van der Waals surface area contributed by atoms with Gasteiger partial charge in [-0.25, -0.2) is 0 Å². The zero-order chi connectivity index (χ0) is 16.3. The number of Topliss-reactive ketones (excluding diaryl/α,β-unsaturated/α-hetero) is 1. The summed E-state index contributed by atoms with van der Waals surface area (Å²) < 4.78 is 0. The Morgan fingerprint density at radius 1 is 1.00 bits per heavy atom. The van der Waals surface area contributed by atoms with Crippen molar-refractivity contribution in [2.45, 2.75) is 71.3 Å². The Morgan fingerprint density at radius 3 is 2.32 bits per heavy atom. The molecule has 22 heavy (non-hydrogen) atoms. The van der Waals surface area contributed by atoms with Gasteiger partial charge < -0.3 is 10.5 Å². The summed E-state index contributed by atoms with van der Waals surface area (Å²) in [5.74, 6) is 4.77. The van der Waals surface area contributed by atoms with Gasteiger partial charge in [0.25, 0.3) is 0 Å². The number of ketones is 1. The van der Waals surface area contributed by atoms with E-state index in [1.165, 1.54) is 38.5 Å². The SMILES string of the molecule is C=O.CCC1C(=O)CC2C3CCC(N)CC3CCC2C1CC. The molecular weight excluding hydrogens is 274 g/mol. The average Bonchev–Trinajstić information content (AvgIpc) is 2.54. The molecule has 126 valence electrons. The van der Waals surface area contributed by atoms with E-state index in [0.29, 0.717) is 29.6 Å². The van der Waals surface area contributed by atoms with Crippen LogP contribution in [0.1, 0.15) is 65.2 Å². The van der Waals surface area contributed by atoms with E-state index in [-0.39, 0.29) is 0 Å². The van der Waals surface area contributed by atoms with Gasteiger partial charge in [0.2, 0.25) is 0 Å². The second kappa shape index (κ2) is 7.72. The monoisotopic (exact) mass is 307 g/mol. The second-order valence-corrected chi connectivity index (χ2v) is 7.66. The Kier molecular flexibility index (Phi) is 6.19. The highest BCUT2D eigenvalue weighted by molar-refractivity contribution is 5.82. The number of nitrogens with two attached hydrogens (primary N) is 1. The molecule has 3 rings (SSSR count). The van der Waals surface area contributed by atoms with Crippen LogP contribution in [0.25, 0.3) is 0 Å². The minimum absolute atomic E-state index is 0.364. The molecule has 0 spiro atoms. The minimum atomic E-state index is 0.364. The fourth-order valence-corrected chi connectivity index (χ4v) is 6.03. The van der Waals surface area contributed by atoms with Crippen LogP contribution in [0.4, 0.5) is 0 Å². The van der Waals surface area contributed by atoms with Gasteiger partial charge in [0.15, 0.2) is 0 Å². The lowest BCUT2D eigenvalue weighted by molar-refractivity contribution is -0.136. The summed E-state index contributed by atoms with van der Waals surface area (Å²) in [6.45, 7) is 6.50. The maximum Gasteiger partial charge on any atom is 0.136 e. The number of hydrogen-bond acceptors (Lipinski definition) is 3. The Morgan fingerprint density at radius 2 is 1.68 bits per heavy atom. The van der Waals surface area contributed by atoms with E-state index >= 15 is 0 Å². The average molecular weight is 307 g/mol. The van der Waals surface area contributed by atoms with Crippen LogP contribution in [-0.2, 0) is 9.59 Å². The smallest absolute Gasteiger partial charge is 0.136 e. The van der Waals surface area contributed by atoms with E-state index in [2.05, 4.69) is 13.8 Å². The lowest BCUT2D eigenvalue weighted by Gasteiger charge is -2.53. The molecule has 3 saturated carbocycles. The molecule has 3 aliphatic carbocycles. The predicted molar refractivity (Wildman–Crippen MR) is 89.3 cm³/mol. The quantitative estimate of drug-likeness (QED) is 0.848. The number of rotatable bonds is 2. The summed E-state index contributed by atoms with van der Waals surface area (Å²) >= 11 is 0. The highest BCUT2D eigenvalue weighted by atomic mass is 16.1. The van der Waals surface area contributed by atoms with Gasteiger partial charge in [-0.15, -0.1) is 0 Å². The Balaban J connectivity index is 0.000000847. The Labute approximate surface area is 135 Å². The van der Waals surface area contributed by atoms with Crippen molar-refractivity contribution in [2.75, 3.05) is 0 Å². The van der Waals surface area contributed by atoms with Crippen molar-refractivity contribution in [1.29, 1.82) is 0 Å². The van der Waals surface area contributed by atoms with Crippen molar-refractivity contribution in [1.82, 2.24) is 0 Å². The van der Waals surface area contributed by atoms with Gasteiger partial charge in [0.05, 0.1) is 0 Å². The van der Waals surface area contributed by atoms with Crippen molar-refractivity contribution in [3.63, 3.8) is 0 Å². The molecule has 3 nitrogen and oxygen atoms in total. The number of carbonyl (C=O) groups is 2. The van der Waals surface area contributed by atoms with E-state index in [4.69, 9.17) is 10.5 Å². The summed E-state index contributed by atoms with van der Waals surface area (Å²) in [5.41, 5.74) is 6.17. The molecule has 2 N–H and O–H groups in total. The van der Waals surface area contributed by atoms with Crippen LogP contribution in [0, 0.1) is 35.5 Å². The second-order valence-electron chi connectivity index (χ2n) is 7.66. The number of fused-ring (bicyclic) bond motifs is 3. The molecule has 0 saturated heterocycles. The summed E-state index contributed by atoms with van der Waals surface area (Å²) in [5, 5.41) is 0. The van der Waals surface area contributed by atoms with Crippen molar-refractivity contribution in [2.24, 2.45) is 41.2 Å². The maximum atomic E-state index is 12.6. The third kappa shape index (κ3) is 3.15. The van der Waals surface area contributed by atoms with Gasteiger partial charge in [-0.05, 0) is 68.1 Å². The molecule has 0 heterocycles. The standard InChI is InChI=1S/C18H31NO.CH2O/c1-3-13-14(4-2)18(20)10-17-15-8-6-12(19)9-11(15)5-7-16(13)17;1-2/h11-17H,3-10,19H2,1-2H3;1H2. The molecule has 0 aromatic carbocycles. The van der Waals surface area contributed by atoms with E-state index < -0.39 is 0 Å². The topological polar surface area (TPSA) is 60.2 Å². The largest absolute Gasteiger partial charge is 0.328 e. The third-order valence-electron chi connectivity index (χ3n) is 6.88. The highest BCUT2D eigenvalue weighted by Crippen LogP contribution is 2.54. The summed E-state index contributed by atoms with van der Waals surface area (Å²) in [6, 6.07) is 0.428. The molecule has 0 aromatic rings. The molecule has 0 bridgehead atoms. The molecule has 7 unspecified atom stereocenters. The minimum Gasteiger partial charge on any atom is -0.328 e. The van der Waals surface area contributed by atoms with Crippen molar-refractivity contribution in [3.05, 3.63) is 0 Å². The Bertz CT molecular complexity index is 384. The molecule has 0 radical (unpaired) electrons. The van der Waals surface area contributed by atoms with Gasteiger partial charge in [-0.1, -0.05) is 20.3 Å². The number of hydrogen-bond donors (Lipinski definition) is 1. The highest BCUT2D eigenvalue weighted by Gasteiger charge is 2.49. The molecule has 0 aliphatic heterocycles. The summed E-state index contributed by atoms with van der Waals surface area (Å²) in [7, 11) is 0. The molecule has 3 fully saturated rings. The van der Waals surface area contributed by atoms with Crippen LogP contribution in [-0.4, -0.2) is 18.6 Å². The summed E-state index contributed by atoms with van der Waals surface area (Å²) in [6.07, 6.45) is 9.57. The van der Waals surface area contributed by atoms with Crippen LogP contribution < -0.4 is 5.73 Å². The molecule has 0 aromatic heterocycles. The van der Waals surface area contributed by atoms with E-state index in [1.54, 1.807) is 0 Å². The molecule has 7 atom stereocenters. The first kappa shape index (κ1) is 17.7. The van der Waals surface area contributed by atoms with Crippen LogP contribution in [0.5, 0.6) is 0 Å². The number of carbonyl (C=O) groups excluding carboxylic acids is 2. The zero-order valence-electron chi connectivity index (χ0n) is 14.3. The van der Waals surface area contributed by atoms with Crippen LogP contribution >= 0.6 is 0 Å². The lowest BCUT2D eigenvalue weighted by atomic mass is 9.52. The lowest BCUT2D eigenvalue weighted by Crippen LogP contribution is -2.49. The third-order valence-corrected chi connectivity index (χ3v) is 6.88. The van der Waals surface area contributed by atoms with Gasteiger partial charge in [-0.2, -0.15) is 0 Å². The molecule has 3 heteroatoms. The van der Waals surface area contributed by atoms with E-state index in [1.807, 2.05) is 6.79 Å². The first-order chi connectivity index (χ1) is 10.7. The maximum absolute atomic E-state index is 12.6. The van der Waals surface area contributed by atoms with Crippen LogP contribution in [0.3, 0.4) is 0 Å². The first-order valence-electron chi connectivity index (χ1n) is 9.22. The van der Waals surface area contributed by atoms with Crippen LogP contribution in [0.2, 0.25) is 0 Å². The Hall–Kier alpha value is -0.700. The van der Waals surface area contributed by atoms with Crippen molar-refractivity contribution < 1.29 is 9.59 Å². The normalized spacial score (nSPS) is 44.3. The first-order valence-corrected chi connectivity index (χ1v) is 9.22.